The summed E-state index contributed by atoms with van der Waals surface area (Å²) in [6.45, 7) is 6.42. The minimum Gasteiger partial charge on any atom is -0.444 e. The second-order valence-electron chi connectivity index (χ2n) is 8.12. The van der Waals surface area contributed by atoms with Crippen molar-refractivity contribution in [3.63, 3.8) is 0 Å². The van der Waals surface area contributed by atoms with Crippen LogP contribution in [0.25, 0.3) is 0 Å². The molecule has 1 aromatic heterocycles. The number of morpholine rings is 1. The van der Waals surface area contributed by atoms with Crippen LogP contribution in [0, 0.1) is 5.92 Å². The molecule has 1 aromatic carbocycles. The van der Waals surface area contributed by atoms with Crippen LogP contribution >= 0.6 is 15.9 Å². The summed E-state index contributed by atoms with van der Waals surface area (Å²) in [6, 6.07) is 10.3. The van der Waals surface area contributed by atoms with Crippen molar-refractivity contribution in [3.8, 4) is 0 Å². The van der Waals surface area contributed by atoms with Gasteiger partial charge in [0.2, 0.25) is 0 Å². The van der Waals surface area contributed by atoms with E-state index in [1.165, 1.54) is 6.42 Å². The molecule has 31 heavy (non-hydrogen) atoms. The number of hydrogen-bond acceptors (Lipinski definition) is 5. The maximum atomic E-state index is 13.0. The van der Waals surface area contributed by atoms with Crippen LogP contribution in [0.15, 0.2) is 45.5 Å². The van der Waals surface area contributed by atoms with Crippen molar-refractivity contribution < 1.29 is 18.7 Å². The van der Waals surface area contributed by atoms with Crippen LogP contribution in [0.2, 0.25) is 0 Å². The number of rotatable bonds is 6. The molecule has 2 aliphatic heterocycles. The number of piperidine rings is 1. The molecule has 8 heteroatoms. The van der Waals surface area contributed by atoms with E-state index in [1.807, 2.05) is 4.90 Å². The number of carbonyl (C=O) groups is 2. The highest BCUT2D eigenvalue weighted by Gasteiger charge is 2.24. The highest BCUT2D eigenvalue weighted by molar-refractivity contribution is 9.10. The molecule has 7 nitrogen and oxygen atoms in total. The van der Waals surface area contributed by atoms with Gasteiger partial charge in [-0.1, -0.05) is 6.07 Å². The fourth-order valence-electron chi connectivity index (χ4n) is 4.16. The smallest absolute Gasteiger partial charge is 0.291 e. The summed E-state index contributed by atoms with van der Waals surface area (Å²) in [5.41, 5.74) is 1.16. The second kappa shape index (κ2) is 10.4. The molecular formula is C23H28BrN3O4. The standard InChI is InChI=1S/C23H28BrN3O4/c24-21-5-4-20(31-21)22(28)25-19-3-1-2-18(16-19)23(29)27-10-7-17(8-11-27)6-9-26-12-14-30-15-13-26/h1-5,16-17H,6-15H2,(H,25,28). The molecule has 166 valence electrons. The van der Waals surface area contributed by atoms with E-state index in [-0.39, 0.29) is 17.6 Å². The quantitative estimate of drug-likeness (QED) is 0.666. The topological polar surface area (TPSA) is 75.0 Å². The lowest BCUT2D eigenvalue weighted by Gasteiger charge is -2.34. The number of amides is 2. The number of likely N-dealkylation sites (tertiary alicyclic amines) is 1. The Kier molecular flexibility index (Phi) is 7.42. The van der Waals surface area contributed by atoms with Gasteiger partial charge in [-0.2, -0.15) is 0 Å². The zero-order valence-corrected chi connectivity index (χ0v) is 19.1. The largest absolute Gasteiger partial charge is 0.444 e. The molecule has 0 atom stereocenters. The first-order valence-electron chi connectivity index (χ1n) is 10.8. The van der Waals surface area contributed by atoms with Gasteiger partial charge in [-0.3, -0.25) is 14.5 Å². The SMILES string of the molecule is O=C(Nc1cccc(C(=O)N2CCC(CCN3CCOCC3)CC2)c1)c1ccc(Br)o1. The molecule has 1 N–H and O–H groups in total. The molecule has 4 rings (SSSR count). The van der Waals surface area contributed by atoms with Gasteiger partial charge in [0.05, 0.1) is 13.2 Å². The van der Waals surface area contributed by atoms with Crippen LogP contribution in [-0.2, 0) is 4.74 Å². The third-order valence-electron chi connectivity index (χ3n) is 6.02. The first kappa shape index (κ1) is 22.0. The molecule has 0 saturated carbocycles. The van der Waals surface area contributed by atoms with Crippen LogP contribution < -0.4 is 5.32 Å². The molecule has 0 unspecified atom stereocenters. The monoisotopic (exact) mass is 489 g/mol. The molecule has 2 aromatic rings. The van der Waals surface area contributed by atoms with Crippen LogP contribution in [-0.4, -0.2) is 67.6 Å². The first-order valence-corrected chi connectivity index (χ1v) is 11.6. The van der Waals surface area contributed by atoms with E-state index < -0.39 is 0 Å². The molecule has 0 aliphatic carbocycles. The summed E-state index contributed by atoms with van der Waals surface area (Å²) in [5.74, 6) is 0.549. The average Bonchev–Trinajstić information content (AvgIpc) is 3.25. The number of anilines is 1. The van der Waals surface area contributed by atoms with Crippen molar-refractivity contribution in [2.45, 2.75) is 19.3 Å². The van der Waals surface area contributed by atoms with Gasteiger partial charge in [-0.05, 0) is 78.0 Å². The Balaban J connectivity index is 1.27. The normalized spacial score (nSPS) is 18.2. The van der Waals surface area contributed by atoms with Gasteiger partial charge >= 0.3 is 0 Å². The summed E-state index contributed by atoms with van der Waals surface area (Å²) >= 11 is 3.19. The van der Waals surface area contributed by atoms with Gasteiger partial charge in [-0.15, -0.1) is 0 Å². The van der Waals surface area contributed by atoms with E-state index in [2.05, 4.69) is 26.1 Å². The van der Waals surface area contributed by atoms with Gasteiger partial charge in [0.25, 0.3) is 11.8 Å². The van der Waals surface area contributed by atoms with Gasteiger partial charge in [-0.25, -0.2) is 0 Å². The third-order valence-corrected chi connectivity index (χ3v) is 6.45. The summed E-state index contributed by atoms with van der Waals surface area (Å²) in [5, 5.41) is 2.79. The Labute approximate surface area is 190 Å². The van der Waals surface area contributed by atoms with E-state index in [0.717, 1.165) is 58.8 Å². The van der Waals surface area contributed by atoms with Gasteiger partial charge < -0.3 is 19.4 Å². The Hall–Kier alpha value is -2.16. The van der Waals surface area contributed by atoms with E-state index in [4.69, 9.17) is 9.15 Å². The second-order valence-corrected chi connectivity index (χ2v) is 8.90. The predicted octanol–water partition coefficient (Wildman–Crippen LogP) is 3.87. The lowest BCUT2D eigenvalue weighted by molar-refractivity contribution is 0.0332. The van der Waals surface area contributed by atoms with Crippen molar-refractivity contribution in [2.75, 3.05) is 51.3 Å². The van der Waals surface area contributed by atoms with Crippen molar-refractivity contribution in [2.24, 2.45) is 5.92 Å². The van der Waals surface area contributed by atoms with Gasteiger partial charge in [0.1, 0.15) is 0 Å². The molecule has 2 fully saturated rings. The summed E-state index contributed by atoms with van der Waals surface area (Å²) < 4.78 is 11.2. The molecule has 2 aliphatic rings. The lowest BCUT2D eigenvalue weighted by Crippen LogP contribution is -2.40. The van der Waals surface area contributed by atoms with E-state index in [1.54, 1.807) is 36.4 Å². The number of hydrogen-bond donors (Lipinski definition) is 1. The van der Waals surface area contributed by atoms with Crippen LogP contribution in [0.1, 0.15) is 40.2 Å². The molecule has 3 heterocycles. The number of carbonyl (C=O) groups excluding carboxylic acids is 2. The maximum Gasteiger partial charge on any atom is 0.291 e. The number of furan rings is 1. The van der Waals surface area contributed by atoms with E-state index in [0.29, 0.717) is 21.8 Å². The van der Waals surface area contributed by atoms with E-state index >= 15 is 0 Å². The average molecular weight is 490 g/mol. The van der Waals surface area contributed by atoms with E-state index in [9.17, 15) is 9.59 Å². The zero-order chi connectivity index (χ0) is 21.6. The van der Waals surface area contributed by atoms with Crippen LogP contribution in [0.5, 0.6) is 0 Å². The lowest BCUT2D eigenvalue weighted by atomic mass is 9.93. The van der Waals surface area contributed by atoms with Crippen molar-refractivity contribution >= 4 is 33.4 Å². The molecule has 0 bridgehead atoms. The Bertz CT molecular complexity index is 902. The zero-order valence-electron chi connectivity index (χ0n) is 17.5. The van der Waals surface area contributed by atoms with Crippen LogP contribution in [0.3, 0.4) is 0 Å². The maximum absolute atomic E-state index is 13.0. The molecule has 2 amide bonds. The Morgan fingerprint density at radius 2 is 1.84 bits per heavy atom. The fourth-order valence-corrected chi connectivity index (χ4v) is 4.46. The first-order chi connectivity index (χ1) is 15.1. The highest BCUT2D eigenvalue weighted by atomic mass is 79.9. The summed E-state index contributed by atoms with van der Waals surface area (Å²) in [4.78, 5) is 29.7. The number of halogens is 1. The van der Waals surface area contributed by atoms with Gasteiger partial charge in [0.15, 0.2) is 10.4 Å². The highest BCUT2D eigenvalue weighted by Crippen LogP contribution is 2.23. The van der Waals surface area contributed by atoms with Crippen molar-refractivity contribution in [1.29, 1.82) is 0 Å². The number of ether oxygens (including phenoxy) is 1. The minimum absolute atomic E-state index is 0.0171. The molecule has 2 saturated heterocycles. The molecule has 0 spiro atoms. The van der Waals surface area contributed by atoms with Crippen molar-refractivity contribution in [3.05, 3.63) is 52.4 Å². The van der Waals surface area contributed by atoms with Crippen LogP contribution in [0.4, 0.5) is 5.69 Å². The van der Waals surface area contributed by atoms with Gasteiger partial charge in [0, 0.05) is 37.4 Å². The number of nitrogens with zero attached hydrogens (tertiary/aromatic N) is 2. The number of benzene rings is 1. The Morgan fingerprint density at radius 3 is 2.55 bits per heavy atom. The Morgan fingerprint density at radius 1 is 1.06 bits per heavy atom. The number of nitrogens with one attached hydrogen (secondary N) is 1. The summed E-state index contributed by atoms with van der Waals surface area (Å²) in [6.07, 6.45) is 3.27. The predicted molar refractivity (Wildman–Crippen MR) is 121 cm³/mol. The fraction of sp³-hybridized carbons (Fsp3) is 0.478. The molecular weight excluding hydrogens is 462 g/mol. The molecule has 0 radical (unpaired) electrons. The summed E-state index contributed by atoms with van der Waals surface area (Å²) in [7, 11) is 0. The van der Waals surface area contributed by atoms with Crippen molar-refractivity contribution in [1.82, 2.24) is 9.80 Å². The third kappa shape index (κ3) is 5.96. The minimum atomic E-state index is -0.351.